The van der Waals surface area contributed by atoms with Crippen LogP contribution in [0.2, 0.25) is 10.0 Å². The molecule has 0 bridgehead atoms. The molecule has 0 spiro atoms. The van der Waals surface area contributed by atoms with E-state index >= 15 is 0 Å². The second kappa shape index (κ2) is 15.2. The number of carbonyl (C=O) groups is 2. The van der Waals surface area contributed by atoms with Crippen LogP contribution in [0.3, 0.4) is 0 Å². The molecule has 0 aliphatic heterocycles. The van der Waals surface area contributed by atoms with Crippen molar-refractivity contribution in [3.63, 3.8) is 0 Å². The van der Waals surface area contributed by atoms with Crippen LogP contribution in [0, 0.1) is 0 Å². The second-order valence-corrected chi connectivity index (χ2v) is 16.8. The fourth-order valence-corrected chi connectivity index (χ4v) is 9.42. The zero-order valence-corrected chi connectivity index (χ0v) is 31.6. The molecule has 0 atom stereocenters. The third-order valence-corrected chi connectivity index (χ3v) is 12.6. The Morgan fingerprint density at radius 1 is 0.577 bits per heavy atom. The summed E-state index contributed by atoms with van der Waals surface area (Å²) in [4.78, 5) is 44.8. The van der Waals surface area contributed by atoms with Gasteiger partial charge in [0, 0.05) is 37.9 Å². The van der Waals surface area contributed by atoms with E-state index in [0.29, 0.717) is 27.2 Å². The summed E-state index contributed by atoms with van der Waals surface area (Å²) in [6, 6.07) is 34.2. The quantitative estimate of drug-likeness (QED) is 0.132. The lowest BCUT2D eigenvalue weighted by molar-refractivity contribution is -0.114. The summed E-state index contributed by atoms with van der Waals surface area (Å²) in [7, 11) is 0. The second-order valence-electron chi connectivity index (χ2n) is 11.4. The monoisotopic (exact) mass is 794 g/mol. The maximum absolute atomic E-state index is 13.0. The number of thioether (sulfide) groups is 2. The summed E-state index contributed by atoms with van der Waals surface area (Å²) in [6.07, 6.45) is 0. The van der Waals surface area contributed by atoms with Gasteiger partial charge in [0.25, 0.3) is 0 Å². The zero-order valence-electron chi connectivity index (χ0n) is 26.8. The van der Waals surface area contributed by atoms with Crippen LogP contribution in [-0.2, 0) is 9.59 Å². The molecule has 2 N–H and O–H groups in total. The number of hydrogen-bond acceptors (Lipinski definition) is 10. The van der Waals surface area contributed by atoms with Crippen LogP contribution in [-0.4, -0.2) is 43.3 Å². The van der Waals surface area contributed by atoms with E-state index in [-0.39, 0.29) is 23.3 Å². The molecule has 3 heterocycles. The van der Waals surface area contributed by atoms with Gasteiger partial charge in [0.15, 0.2) is 14.5 Å². The lowest BCUT2D eigenvalue weighted by Crippen LogP contribution is -2.14. The minimum atomic E-state index is -0.145. The molecule has 8 nitrogen and oxygen atoms in total. The zero-order chi connectivity index (χ0) is 35.6. The van der Waals surface area contributed by atoms with Gasteiger partial charge in [-0.1, -0.05) is 77.1 Å². The molecule has 2 amide bonds. The molecule has 256 valence electrons. The Bertz CT molecular complexity index is 2620. The Kier molecular flexibility index (Phi) is 10.1. The minimum Gasteiger partial charge on any atom is -0.325 e. The van der Waals surface area contributed by atoms with Crippen molar-refractivity contribution in [1.82, 2.24) is 19.9 Å². The number of hydrogen-bond donors (Lipinski definition) is 2. The third kappa shape index (κ3) is 7.92. The summed E-state index contributed by atoms with van der Waals surface area (Å²) in [5.74, 6) is 0.700. The van der Waals surface area contributed by atoms with Crippen LogP contribution >= 0.6 is 69.4 Å². The summed E-state index contributed by atoms with van der Waals surface area (Å²) in [5, 5.41) is 8.05. The number of halogens is 2. The number of nitrogens with zero attached hydrogens (tertiary/aromatic N) is 4. The fourth-order valence-electron chi connectivity index (χ4n) is 5.39. The van der Waals surface area contributed by atoms with Crippen LogP contribution in [0.15, 0.2) is 118 Å². The Morgan fingerprint density at radius 3 is 1.77 bits per heavy atom. The number of thiazole rings is 2. The summed E-state index contributed by atoms with van der Waals surface area (Å²) in [6.45, 7) is 0. The number of amides is 2. The smallest absolute Gasteiger partial charge is 0.234 e. The van der Waals surface area contributed by atoms with Crippen LogP contribution < -0.4 is 10.6 Å². The van der Waals surface area contributed by atoms with Gasteiger partial charge in [0.05, 0.1) is 43.1 Å². The molecule has 5 aromatic carbocycles. The highest BCUT2D eigenvalue weighted by molar-refractivity contribution is 8.02. The number of rotatable bonds is 10. The number of benzene rings is 5. The molecule has 14 heteroatoms. The van der Waals surface area contributed by atoms with Crippen molar-refractivity contribution in [2.75, 3.05) is 22.1 Å². The molecule has 0 aliphatic rings. The van der Waals surface area contributed by atoms with Gasteiger partial charge < -0.3 is 10.6 Å². The van der Waals surface area contributed by atoms with Gasteiger partial charge >= 0.3 is 0 Å². The molecule has 0 radical (unpaired) electrons. The molecule has 0 saturated carbocycles. The van der Waals surface area contributed by atoms with Crippen LogP contribution in [0.4, 0.5) is 11.4 Å². The first-order valence-corrected chi connectivity index (χ1v) is 20.1. The average molecular weight is 796 g/mol. The molecule has 0 unspecified atom stereocenters. The molecule has 8 rings (SSSR count). The SMILES string of the molecule is O=C(CSc1nc2cc(Cl)ccc2s1)Nc1ccc(-c2nc(-c3ccccc3)c3cc(NC(=O)CSc4nc5cc(Cl)ccc5s4)ccc3n2)cc1. The van der Waals surface area contributed by atoms with E-state index in [2.05, 4.69) is 20.6 Å². The van der Waals surface area contributed by atoms with E-state index in [0.717, 1.165) is 56.8 Å². The van der Waals surface area contributed by atoms with E-state index in [1.165, 1.54) is 46.2 Å². The van der Waals surface area contributed by atoms with Crippen molar-refractivity contribution < 1.29 is 9.59 Å². The first-order chi connectivity index (χ1) is 25.3. The van der Waals surface area contributed by atoms with Crippen molar-refractivity contribution >= 4 is 124 Å². The van der Waals surface area contributed by atoms with E-state index in [9.17, 15) is 9.59 Å². The molecule has 0 saturated heterocycles. The standard InChI is InChI=1S/C38H24Cl2N6O2S4/c39-23-8-14-31-29(16-23)44-37(51-31)49-19-33(47)41-25-10-6-22(7-11-25)36-43-28-13-12-26(18-27(28)35(46-36)21-4-2-1-3-5-21)42-34(48)20-50-38-45-30-17-24(40)9-15-32(30)52-38/h1-18H,19-20H2,(H,41,47)(H,42,48). The molecular formula is C38H24Cl2N6O2S4. The first-order valence-electron chi connectivity index (χ1n) is 15.8. The highest BCUT2D eigenvalue weighted by atomic mass is 35.5. The van der Waals surface area contributed by atoms with Gasteiger partial charge in [-0.3, -0.25) is 9.59 Å². The number of carbonyl (C=O) groups excluding carboxylic acids is 2. The van der Waals surface area contributed by atoms with Crippen molar-refractivity contribution in [2.45, 2.75) is 8.68 Å². The van der Waals surface area contributed by atoms with Gasteiger partial charge in [-0.05, 0) is 78.9 Å². The summed E-state index contributed by atoms with van der Waals surface area (Å²) < 4.78 is 3.67. The molecular weight excluding hydrogens is 772 g/mol. The summed E-state index contributed by atoms with van der Waals surface area (Å²) >= 11 is 18.0. The highest BCUT2D eigenvalue weighted by Crippen LogP contribution is 2.34. The van der Waals surface area contributed by atoms with Gasteiger partial charge in [0.1, 0.15) is 0 Å². The molecule has 3 aromatic heterocycles. The summed E-state index contributed by atoms with van der Waals surface area (Å²) in [5.41, 5.74) is 6.16. The van der Waals surface area contributed by atoms with Crippen LogP contribution in [0.5, 0.6) is 0 Å². The average Bonchev–Trinajstić information content (AvgIpc) is 3.76. The Labute approximate surface area is 324 Å². The molecule has 52 heavy (non-hydrogen) atoms. The molecule has 8 aromatic rings. The topological polar surface area (TPSA) is 110 Å². The van der Waals surface area contributed by atoms with Crippen molar-refractivity contribution in [3.8, 4) is 22.6 Å². The first kappa shape index (κ1) is 34.5. The maximum Gasteiger partial charge on any atom is 0.234 e. The number of fused-ring (bicyclic) bond motifs is 3. The van der Waals surface area contributed by atoms with Gasteiger partial charge in [-0.15, -0.1) is 22.7 Å². The number of nitrogens with one attached hydrogen (secondary N) is 2. The van der Waals surface area contributed by atoms with Crippen molar-refractivity contribution in [2.24, 2.45) is 0 Å². The Hall–Kier alpha value is -4.56. The van der Waals surface area contributed by atoms with E-state index in [4.69, 9.17) is 33.2 Å². The fraction of sp³-hybridized carbons (Fsp3) is 0.0526. The predicted molar refractivity (Wildman–Crippen MR) is 218 cm³/mol. The lowest BCUT2D eigenvalue weighted by atomic mass is 10.0. The van der Waals surface area contributed by atoms with Crippen molar-refractivity contribution in [1.29, 1.82) is 0 Å². The Balaban J connectivity index is 0.966. The van der Waals surface area contributed by atoms with E-state index in [1.54, 1.807) is 0 Å². The van der Waals surface area contributed by atoms with Gasteiger partial charge in [0.2, 0.25) is 11.8 Å². The van der Waals surface area contributed by atoms with Gasteiger partial charge in [-0.25, -0.2) is 19.9 Å². The largest absolute Gasteiger partial charge is 0.325 e. The molecule has 0 aliphatic carbocycles. The van der Waals surface area contributed by atoms with Crippen LogP contribution in [0.25, 0.3) is 54.0 Å². The van der Waals surface area contributed by atoms with Gasteiger partial charge in [-0.2, -0.15) is 0 Å². The maximum atomic E-state index is 13.0. The van der Waals surface area contributed by atoms with Crippen LogP contribution in [0.1, 0.15) is 0 Å². The van der Waals surface area contributed by atoms with E-state index < -0.39 is 0 Å². The van der Waals surface area contributed by atoms with Crippen molar-refractivity contribution in [3.05, 3.63) is 119 Å². The molecule has 0 fully saturated rings. The lowest BCUT2D eigenvalue weighted by Gasteiger charge is -2.12. The predicted octanol–water partition coefficient (Wildman–Crippen LogP) is 11.0. The normalized spacial score (nSPS) is 11.3. The number of aromatic nitrogens is 4. The minimum absolute atomic E-state index is 0.132. The third-order valence-electron chi connectivity index (χ3n) is 7.77. The Morgan fingerprint density at radius 2 is 1.15 bits per heavy atom. The number of anilines is 2. The highest BCUT2D eigenvalue weighted by Gasteiger charge is 2.15. The van der Waals surface area contributed by atoms with E-state index in [1.807, 2.05) is 109 Å².